The Morgan fingerprint density at radius 2 is 1.90 bits per heavy atom. The zero-order valence-electron chi connectivity index (χ0n) is 12.4. The first-order valence-corrected chi connectivity index (χ1v) is 7.21. The molecular weight excluding hydrogens is 278 g/mol. The summed E-state index contributed by atoms with van der Waals surface area (Å²) in [7, 11) is 1.95. The van der Waals surface area contributed by atoms with Gasteiger partial charge < -0.3 is 19.5 Å². The molecular formula is C15H24ClNO3. The number of benzene rings is 1. The van der Waals surface area contributed by atoms with E-state index in [0.717, 1.165) is 12.3 Å². The van der Waals surface area contributed by atoms with Crippen LogP contribution < -0.4 is 4.74 Å². The van der Waals surface area contributed by atoms with Crippen molar-refractivity contribution < 1.29 is 14.6 Å². The molecule has 1 atom stereocenters. The lowest BCUT2D eigenvalue weighted by molar-refractivity contribution is -0.00649. The summed E-state index contributed by atoms with van der Waals surface area (Å²) in [6, 6.07) is 7.28. The van der Waals surface area contributed by atoms with Crippen molar-refractivity contribution in [3.63, 3.8) is 0 Å². The van der Waals surface area contributed by atoms with E-state index in [1.807, 2.05) is 37.9 Å². The molecule has 0 heterocycles. The topological polar surface area (TPSA) is 41.9 Å². The molecule has 20 heavy (non-hydrogen) atoms. The van der Waals surface area contributed by atoms with Crippen LogP contribution in [-0.2, 0) is 4.74 Å². The van der Waals surface area contributed by atoms with Gasteiger partial charge in [0.1, 0.15) is 12.4 Å². The number of rotatable bonds is 9. The van der Waals surface area contributed by atoms with Gasteiger partial charge in [-0.2, -0.15) is 0 Å². The van der Waals surface area contributed by atoms with E-state index >= 15 is 0 Å². The Bertz CT molecular complexity index is 370. The molecule has 0 radical (unpaired) electrons. The number of likely N-dealkylation sites (N-methyl/N-ethyl adjacent to an activating group) is 1. The fraction of sp³-hybridized carbons (Fsp3) is 0.600. The maximum atomic E-state index is 9.79. The number of aliphatic hydroxyl groups excluding tert-OH is 1. The molecule has 1 rings (SSSR count). The molecule has 4 nitrogen and oxygen atoms in total. The highest BCUT2D eigenvalue weighted by atomic mass is 35.5. The van der Waals surface area contributed by atoms with E-state index in [0.29, 0.717) is 24.8 Å². The van der Waals surface area contributed by atoms with Crippen LogP contribution in [0, 0.1) is 0 Å². The van der Waals surface area contributed by atoms with Gasteiger partial charge in [0.25, 0.3) is 0 Å². The van der Waals surface area contributed by atoms with Gasteiger partial charge in [-0.05, 0) is 45.2 Å². The Labute approximate surface area is 126 Å². The predicted octanol–water partition coefficient (Wildman–Crippen LogP) is 2.44. The van der Waals surface area contributed by atoms with Gasteiger partial charge in [0.2, 0.25) is 0 Å². The van der Waals surface area contributed by atoms with Gasteiger partial charge in [0.05, 0.1) is 18.8 Å². The van der Waals surface area contributed by atoms with E-state index < -0.39 is 6.10 Å². The second-order valence-electron chi connectivity index (χ2n) is 5.10. The van der Waals surface area contributed by atoms with E-state index in [-0.39, 0.29) is 6.10 Å². The summed E-state index contributed by atoms with van der Waals surface area (Å²) < 4.78 is 11.0. The molecule has 0 bridgehead atoms. The molecule has 1 N–H and O–H groups in total. The molecule has 5 heteroatoms. The van der Waals surface area contributed by atoms with Crippen molar-refractivity contribution in [2.75, 3.05) is 33.4 Å². The second-order valence-corrected chi connectivity index (χ2v) is 5.54. The maximum Gasteiger partial charge on any atom is 0.119 e. The number of hydrogen-bond donors (Lipinski definition) is 1. The zero-order valence-corrected chi connectivity index (χ0v) is 13.1. The number of hydrogen-bond acceptors (Lipinski definition) is 4. The Hall–Kier alpha value is -0.810. The monoisotopic (exact) mass is 301 g/mol. The second kappa shape index (κ2) is 9.19. The maximum absolute atomic E-state index is 9.79. The van der Waals surface area contributed by atoms with E-state index in [1.165, 1.54) is 0 Å². The van der Waals surface area contributed by atoms with E-state index in [9.17, 15) is 5.11 Å². The first-order valence-electron chi connectivity index (χ1n) is 6.84. The number of ether oxygens (including phenoxy) is 2. The molecule has 0 amide bonds. The molecule has 0 saturated carbocycles. The molecule has 1 unspecified atom stereocenters. The number of halogens is 1. The van der Waals surface area contributed by atoms with Crippen LogP contribution in [0.15, 0.2) is 24.3 Å². The minimum atomic E-state index is -0.474. The van der Waals surface area contributed by atoms with E-state index in [4.69, 9.17) is 21.1 Å². The fourth-order valence-electron chi connectivity index (χ4n) is 1.66. The standard InChI is InChI=1S/C15H24ClNO3/c1-12(2)20-11-14(18)10-17(3)8-9-19-15-6-4-13(16)5-7-15/h4-7,12,14,18H,8-11H2,1-3H3. The Balaban J connectivity index is 2.16. The van der Waals surface area contributed by atoms with Gasteiger partial charge in [-0.1, -0.05) is 11.6 Å². The number of aliphatic hydroxyl groups is 1. The third-order valence-corrected chi connectivity index (χ3v) is 2.95. The lowest BCUT2D eigenvalue weighted by atomic mass is 10.3. The quantitative estimate of drug-likeness (QED) is 0.761. The van der Waals surface area contributed by atoms with Gasteiger partial charge in [-0.15, -0.1) is 0 Å². The fourth-order valence-corrected chi connectivity index (χ4v) is 1.78. The van der Waals surface area contributed by atoms with Crippen molar-refractivity contribution in [1.82, 2.24) is 4.90 Å². The average molecular weight is 302 g/mol. The smallest absolute Gasteiger partial charge is 0.119 e. The van der Waals surface area contributed by atoms with E-state index in [1.54, 1.807) is 12.1 Å². The highest BCUT2D eigenvalue weighted by Crippen LogP contribution is 2.15. The first kappa shape index (κ1) is 17.2. The lowest BCUT2D eigenvalue weighted by Crippen LogP contribution is -2.35. The molecule has 0 saturated heterocycles. The minimum absolute atomic E-state index is 0.142. The lowest BCUT2D eigenvalue weighted by Gasteiger charge is -2.21. The van der Waals surface area contributed by atoms with Crippen molar-refractivity contribution in [3.8, 4) is 5.75 Å². The molecule has 0 aliphatic carbocycles. The van der Waals surface area contributed by atoms with Crippen molar-refractivity contribution in [2.24, 2.45) is 0 Å². The normalized spacial score (nSPS) is 12.9. The summed E-state index contributed by atoms with van der Waals surface area (Å²) in [4.78, 5) is 2.02. The van der Waals surface area contributed by atoms with Crippen LogP contribution in [0.4, 0.5) is 0 Å². The molecule has 0 spiro atoms. The van der Waals surface area contributed by atoms with Gasteiger partial charge in [-0.25, -0.2) is 0 Å². The van der Waals surface area contributed by atoms with Crippen LogP contribution in [0.2, 0.25) is 5.02 Å². The minimum Gasteiger partial charge on any atom is -0.492 e. The van der Waals surface area contributed by atoms with Crippen molar-refractivity contribution >= 4 is 11.6 Å². The average Bonchev–Trinajstić information content (AvgIpc) is 2.38. The summed E-state index contributed by atoms with van der Waals surface area (Å²) in [5, 5.41) is 10.5. The van der Waals surface area contributed by atoms with Crippen LogP contribution in [0.25, 0.3) is 0 Å². The van der Waals surface area contributed by atoms with Gasteiger partial charge >= 0.3 is 0 Å². The van der Waals surface area contributed by atoms with Crippen LogP contribution in [0.1, 0.15) is 13.8 Å². The van der Waals surface area contributed by atoms with Gasteiger partial charge in [-0.3, -0.25) is 0 Å². The van der Waals surface area contributed by atoms with Crippen LogP contribution in [0.3, 0.4) is 0 Å². The number of nitrogens with zero attached hydrogens (tertiary/aromatic N) is 1. The highest BCUT2D eigenvalue weighted by molar-refractivity contribution is 6.30. The first-order chi connectivity index (χ1) is 9.47. The Morgan fingerprint density at radius 1 is 1.25 bits per heavy atom. The summed E-state index contributed by atoms with van der Waals surface area (Å²) in [5.41, 5.74) is 0. The molecule has 1 aromatic rings. The molecule has 0 aliphatic rings. The van der Waals surface area contributed by atoms with Crippen LogP contribution in [-0.4, -0.2) is 55.6 Å². The summed E-state index contributed by atoms with van der Waals surface area (Å²) in [6.07, 6.45) is -0.332. The van der Waals surface area contributed by atoms with Crippen molar-refractivity contribution in [2.45, 2.75) is 26.1 Å². The Kier molecular flexibility index (Phi) is 7.92. The van der Waals surface area contributed by atoms with Crippen molar-refractivity contribution in [1.29, 1.82) is 0 Å². The molecule has 1 aromatic carbocycles. The molecule has 0 fully saturated rings. The van der Waals surface area contributed by atoms with Crippen molar-refractivity contribution in [3.05, 3.63) is 29.3 Å². The van der Waals surface area contributed by atoms with Gasteiger partial charge in [0.15, 0.2) is 0 Å². The van der Waals surface area contributed by atoms with Crippen LogP contribution >= 0.6 is 11.6 Å². The molecule has 0 aliphatic heterocycles. The zero-order chi connectivity index (χ0) is 15.0. The Morgan fingerprint density at radius 3 is 2.50 bits per heavy atom. The molecule has 0 aromatic heterocycles. The summed E-state index contributed by atoms with van der Waals surface area (Å²) >= 11 is 5.80. The summed E-state index contributed by atoms with van der Waals surface area (Å²) in [6.45, 7) is 6.14. The van der Waals surface area contributed by atoms with Crippen LogP contribution in [0.5, 0.6) is 5.75 Å². The molecule has 114 valence electrons. The largest absolute Gasteiger partial charge is 0.492 e. The van der Waals surface area contributed by atoms with Gasteiger partial charge in [0, 0.05) is 18.1 Å². The predicted molar refractivity (Wildman–Crippen MR) is 81.5 cm³/mol. The third-order valence-electron chi connectivity index (χ3n) is 2.70. The SMILES string of the molecule is CC(C)OCC(O)CN(C)CCOc1ccc(Cl)cc1. The third kappa shape index (κ3) is 7.70. The summed E-state index contributed by atoms with van der Waals surface area (Å²) in [5.74, 6) is 0.798. The van der Waals surface area contributed by atoms with E-state index in [2.05, 4.69) is 0 Å². The highest BCUT2D eigenvalue weighted by Gasteiger charge is 2.09.